The van der Waals surface area contributed by atoms with Crippen LogP contribution in [0.1, 0.15) is 13.3 Å². The zero-order chi connectivity index (χ0) is 8.53. The minimum absolute atomic E-state index is 0.0292. The number of carbonyl (C=O) groups is 1. The van der Waals surface area contributed by atoms with Crippen LogP contribution in [0.4, 0.5) is 0 Å². The van der Waals surface area contributed by atoms with Crippen molar-refractivity contribution in [3.05, 3.63) is 0 Å². The highest BCUT2D eigenvalue weighted by Crippen LogP contribution is 1.82. The highest BCUT2D eigenvalue weighted by molar-refractivity contribution is 9.09. The number of hydrogen-bond donors (Lipinski definition) is 1. The molecular weight excluding hydrogens is 210 g/mol. The van der Waals surface area contributed by atoms with E-state index in [9.17, 15) is 4.79 Å². The number of ether oxygens (including phenoxy) is 1. The third-order valence-electron chi connectivity index (χ3n) is 1.11. The summed E-state index contributed by atoms with van der Waals surface area (Å²) in [5, 5.41) is 3.10. The van der Waals surface area contributed by atoms with Gasteiger partial charge in [0.2, 0.25) is 5.91 Å². The van der Waals surface area contributed by atoms with E-state index >= 15 is 0 Å². The number of rotatable bonds is 6. The van der Waals surface area contributed by atoms with Crippen LogP contribution in [0, 0.1) is 0 Å². The number of carbonyl (C=O) groups excluding carboxylic acids is 1. The Balaban J connectivity index is 2.95. The van der Waals surface area contributed by atoms with Crippen LogP contribution >= 0.6 is 15.9 Å². The van der Waals surface area contributed by atoms with E-state index in [0.717, 1.165) is 19.6 Å². The van der Waals surface area contributed by atoms with E-state index in [1.54, 1.807) is 0 Å². The van der Waals surface area contributed by atoms with Gasteiger partial charge in [-0.1, -0.05) is 15.9 Å². The minimum Gasteiger partial charge on any atom is -0.382 e. The third kappa shape index (κ3) is 7.81. The fraction of sp³-hybridized carbons (Fsp3) is 0.857. The molecule has 0 aliphatic rings. The lowest BCUT2D eigenvalue weighted by molar-refractivity contribution is -0.118. The summed E-state index contributed by atoms with van der Waals surface area (Å²) in [6.45, 7) is 4.12. The molecule has 0 aromatic carbocycles. The minimum atomic E-state index is 0.0292. The van der Waals surface area contributed by atoms with E-state index in [-0.39, 0.29) is 5.91 Å². The first kappa shape index (κ1) is 10.9. The summed E-state index contributed by atoms with van der Waals surface area (Å²) in [7, 11) is 0. The van der Waals surface area contributed by atoms with Crippen molar-refractivity contribution in [2.75, 3.05) is 25.1 Å². The molecule has 11 heavy (non-hydrogen) atoms. The molecule has 0 radical (unpaired) electrons. The molecule has 0 unspecified atom stereocenters. The van der Waals surface area contributed by atoms with Gasteiger partial charge in [0.05, 0.1) is 5.33 Å². The van der Waals surface area contributed by atoms with Gasteiger partial charge in [-0.05, 0) is 13.3 Å². The number of nitrogens with one attached hydrogen (secondary N) is 1. The first-order valence-electron chi connectivity index (χ1n) is 3.71. The Labute approximate surface area is 75.6 Å². The maximum atomic E-state index is 10.6. The van der Waals surface area contributed by atoms with Crippen molar-refractivity contribution in [3.63, 3.8) is 0 Å². The Bertz CT molecular complexity index is 109. The van der Waals surface area contributed by atoms with Gasteiger partial charge in [-0.25, -0.2) is 0 Å². The van der Waals surface area contributed by atoms with Gasteiger partial charge in [-0.2, -0.15) is 0 Å². The standard InChI is InChI=1S/C7H14BrNO2/c1-2-11-5-3-4-9-7(10)6-8/h2-6H2,1H3,(H,9,10). The second-order valence-electron chi connectivity index (χ2n) is 2.03. The van der Waals surface area contributed by atoms with E-state index in [0.29, 0.717) is 11.9 Å². The molecule has 0 fully saturated rings. The molecule has 0 heterocycles. The van der Waals surface area contributed by atoms with E-state index < -0.39 is 0 Å². The third-order valence-corrected chi connectivity index (χ3v) is 1.62. The normalized spacial score (nSPS) is 9.64. The van der Waals surface area contributed by atoms with Crippen molar-refractivity contribution in [1.82, 2.24) is 5.32 Å². The molecule has 66 valence electrons. The Hall–Kier alpha value is -0.0900. The average Bonchev–Trinajstić information content (AvgIpc) is 2.04. The maximum Gasteiger partial charge on any atom is 0.230 e. The van der Waals surface area contributed by atoms with Crippen LogP contribution in [-0.2, 0) is 9.53 Å². The summed E-state index contributed by atoms with van der Waals surface area (Å²) < 4.78 is 5.09. The SMILES string of the molecule is CCOCCCNC(=O)CBr. The molecule has 0 aromatic rings. The Morgan fingerprint density at radius 3 is 2.91 bits per heavy atom. The molecule has 0 saturated carbocycles. The summed E-state index contributed by atoms with van der Waals surface area (Å²) in [5.74, 6) is 0.0292. The molecule has 1 amide bonds. The number of amides is 1. The number of hydrogen-bond acceptors (Lipinski definition) is 2. The Kier molecular flexibility index (Phi) is 7.95. The van der Waals surface area contributed by atoms with E-state index in [1.807, 2.05) is 6.92 Å². The highest BCUT2D eigenvalue weighted by Gasteiger charge is 1.94. The van der Waals surface area contributed by atoms with Crippen LogP contribution < -0.4 is 5.32 Å². The van der Waals surface area contributed by atoms with Gasteiger partial charge in [0.15, 0.2) is 0 Å². The predicted octanol–water partition coefficient (Wildman–Crippen LogP) is 0.924. The molecule has 1 N–H and O–H groups in total. The zero-order valence-corrected chi connectivity index (χ0v) is 8.32. The first-order chi connectivity index (χ1) is 5.31. The quantitative estimate of drug-likeness (QED) is 0.538. The van der Waals surface area contributed by atoms with Crippen LogP contribution in [0.3, 0.4) is 0 Å². The largest absolute Gasteiger partial charge is 0.382 e. The highest BCUT2D eigenvalue weighted by atomic mass is 79.9. The van der Waals surface area contributed by atoms with Gasteiger partial charge >= 0.3 is 0 Å². The van der Waals surface area contributed by atoms with Crippen molar-refractivity contribution < 1.29 is 9.53 Å². The van der Waals surface area contributed by atoms with E-state index in [2.05, 4.69) is 21.2 Å². The van der Waals surface area contributed by atoms with Crippen molar-refractivity contribution in [2.24, 2.45) is 0 Å². The van der Waals surface area contributed by atoms with Gasteiger partial charge in [0.1, 0.15) is 0 Å². The Morgan fingerprint density at radius 1 is 1.64 bits per heavy atom. The summed E-state index contributed by atoms with van der Waals surface area (Å²) in [6, 6.07) is 0. The molecule has 3 nitrogen and oxygen atoms in total. The maximum absolute atomic E-state index is 10.6. The van der Waals surface area contributed by atoms with Gasteiger partial charge < -0.3 is 10.1 Å². The molecule has 0 bridgehead atoms. The fourth-order valence-corrected chi connectivity index (χ4v) is 0.792. The molecule has 0 atom stereocenters. The second kappa shape index (κ2) is 8.01. The molecule has 0 aliphatic carbocycles. The fourth-order valence-electron chi connectivity index (χ4n) is 0.594. The van der Waals surface area contributed by atoms with E-state index in [4.69, 9.17) is 4.74 Å². The molecule has 0 rings (SSSR count). The summed E-state index contributed by atoms with van der Waals surface area (Å²) in [6.07, 6.45) is 0.882. The van der Waals surface area contributed by atoms with Crippen LogP contribution in [0.2, 0.25) is 0 Å². The zero-order valence-electron chi connectivity index (χ0n) is 6.73. The van der Waals surface area contributed by atoms with Crippen LogP contribution in [0.15, 0.2) is 0 Å². The lowest BCUT2D eigenvalue weighted by atomic mass is 10.4. The van der Waals surface area contributed by atoms with Crippen molar-refractivity contribution in [3.8, 4) is 0 Å². The van der Waals surface area contributed by atoms with Gasteiger partial charge in [0.25, 0.3) is 0 Å². The second-order valence-corrected chi connectivity index (χ2v) is 2.59. The van der Waals surface area contributed by atoms with Crippen molar-refractivity contribution in [1.29, 1.82) is 0 Å². The molecule has 0 saturated heterocycles. The summed E-state index contributed by atoms with van der Waals surface area (Å²) >= 11 is 3.05. The topological polar surface area (TPSA) is 38.3 Å². The number of halogens is 1. The van der Waals surface area contributed by atoms with Crippen molar-refractivity contribution in [2.45, 2.75) is 13.3 Å². The lowest BCUT2D eigenvalue weighted by Crippen LogP contribution is -2.25. The summed E-state index contributed by atoms with van der Waals surface area (Å²) in [4.78, 5) is 10.6. The van der Waals surface area contributed by atoms with Crippen LogP contribution in [0.25, 0.3) is 0 Å². The van der Waals surface area contributed by atoms with E-state index in [1.165, 1.54) is 0 Å². The molecule has 0 aromatic heterocycles. The first-order valence-corrected chi connectivity index (χ1v) is 4.83. The molecule has 0 spiro atoms. The lowest BCUT2D eigenvalue weighted by Gasteiger charge is -2.02. The van der Waals surface area contributed by atoms with Gasteiger partial charge in [0, 0.05) is 19.8 Å². The smallest absolute Gasteiger partial charge is 0.230 e. The van der Waals surface area contributed by atoms with Crippen LogP contribution in [-0.4, -0.2) is 31.0 Å². The predicted molar refractivity (Wildman–Crippen MR) is 47.9 cm³/mol. The van der Waals surface area contributed by atoms with Gasteiger partial charge in [-0.3, -0.25) is 4.79 Å². The average molecular weight is 224 g/mol. The summed E-state index contributed by atoms with van der Waals surface area (Å²) in [5.41, 5.74) is 0. The molecular formula is C7H14BrNO2. The molecule has 4 heteroatoms. The van der Waals surface area contributed by atoms with Gasteiger partial charge in [-0.15, -0.1) is 0 Å². The van der Waals surface area contributed by atoms with Crippen LogP contribution in [0.5, 0.6) is 0 Å². The number of alkyl halides is 1. The Morgan fingerprint density at radius 2 is 2.36 bits per heavy atom. The monoisotopic (exact) mass is 223 g/mol. The van der Waals surface area contributed by atoms with Crippen molar-refractivity contribution >= 4 is 21.8 Å². The molecule has 0 aliphatic heterocycles.